The molecule has 0 aromatic rings. The SMILES string of the molecule is CC(C)=CCC/C(=C(/CCl)[Si](C)(C)C)C(C)C. The number of halogens is 1. The summed E-state index contributed by atoms with van der Waals surface area (Å²) in [6.45, 7) is 16.1. The molecule has 0 aromatic heterocycles. The predicted octanol–water partition coefficient (Wildman–Crippen LogP) is 5.80. The van der Waals surface area contributed by atoms with Crippen LogP contribution < -0.4 is 0 Å². The van der Waals surface area contributed by atoms with Gasteiger partial charge in [0, 0.05) is 5.88 Å². The lowest BCUT2D eigenvalue weighted by atomic mass is 9.97. The molecule has 0 saturated carbocycles. The minimum atomic E-state index is -1.26. The largest absolute Gasteiger partial charge is 0.122 e. The van der Waals surface area contributed by atoms with Crippen molar-refractivity contribution in [1.82, 2.24) is 0 Å². The van der Waals surface area contributed by atoms with Gasteiger partial charge in [-0.1, -0.05) is 55.9 Å². The van der Waals surface area contributed by atoms with Crippen LogP contribution in [0.5, 0.6) is 0 Å². The molecule has 0 atom stereocenters. The molecule has 100 valence electrons. The maximum Gasteiger partial charge on any atom is 0.0739 e. The lowest BCUT2D eigenvalue weighted by Crippen LogP contribution is -2.28. The van der Waals surface area contributed by atoms with Crippen molar-refractivity contribution in [2.75, 3.05) is 5.88 Å². The second kappa shape index (κ2) is 7.43. The zero-order valence-electron chi connectivity index (χ0n) is 12.7. The molecule has 0 saturated heterocycles. The third-order valence-corrected chi connectivity index (χ3v) is 5.89. The molecule has 0 N–H and O–H groups in total. The summed E-state index contributed by atoms with van der Waals surface area (Å²) in [6, 6.07) is 0. The van der Waals surface area contributed by atoms with Gasteiger partial charge in [0.2, 0.25) is 0 Å². The highest BCUT2D eigenvalue weighted by Gasteiger charge is 2.23. The van der Waals surface area contributed by atoms with Crippen molar-refractivity contribution in [3.63, 3.8) is 0 Å². The van der Waals surface area contributed by atoms with E-state index in [2.05, 4.69) is 53.4 Å². The molecule has 0 nitrogen and oxygen atoms in total. The summed E-state index contributed by atoms with van der Waals surface area (Å²) in [6.07, 6.45) is 4.66. The van der Waals surface area contributed by atoms with Gasteiger partial charge in [0.1, 0.15) is 0 Å². The summed E-state index contributed by atoms with van der Waals surface area (Å²) in [5.74, 6) is 1.35. The summed E-state index contributed by atoms with van der Waals surface area (Å²) in [4.78, 5) is 0. The van der Waals surface area contributed by atoms with E-state index in [0.717, 1.165) is 12.3 Å². The molecule has 0 amide bonds. The summed E-state index contributed by atoms with van der Waals surface area (Å²) < 4.78 is 0. The van der Waals surface area contributed by atoms with Gasteiger partial charge in [-0.3, -0.25) is 0 Å². The normalized spacial score (nSPS) is 13.7. The maximum atomic E-state index is 6.19. The zero-order valence-corrected chi connectivity index (χ0v) is 14.4. The second-order valence-electron chi connectivity index (χ2n) is 6.36. The zero-order chi connectivity index (χ0) is 13.6. The Bertz CT molecular complexity index is 289. The van der Waals surface area contributed by atoms with Crippen molar-refractivity contribution in [3.8, 4) is 0 Å². The molecule has 2 heteroatoms. The summed E-state index contributed by atoms with van der Waals surface area (Å²) >= 11 is 6.19. The highest BCUT2D eigenvalue weighted by Crippen LogP contribution is 2.28. The van der Waals surface area contributed by atoms with Crippen LogP contribution in [0.25, 0.3) is 0 Å². The van der Waals surface area contributed by atoms with E-state index in [9.17, 15) is 0 Å². The van der Waals surface area contributed by atoms with Gasteiger partial charge >= 0.3 is 0 Å². The van der Waals surface area contributed by atoms with Gasteiger partial charge in [0.05, 0.1) is 8.07 Å². The first-order valence-electron chi connectivity index (χ1n) is 6.61. The molecule has 0 fully saturated rings. The lowest BCUT2D eigenvalue weighted by Gasteiger charge is -2.26. The number of hydrogen-bond acceptors (Lipinski definition) is 0. The Kier molecular flexibility index (Phi) is 7.42. The number of alkyl halides is 1. The third kappa shape index (κ3) is 6.47. The Morgan fingerprint density at radius 1 is 1.18 bits per heavy atom. The molecular formula is C15H29ClSi. The Labute approximate surface area is 114 Å². The van der Waals surface area contributed by atoms with Crippen LogP contribution >= 0.6 is 11.6 Å². The van der Waals surface area contributed by atoms with Gasteiger partial charge in [-0.05, 0) is 32.6 Å². The summed E-state index contributed by atoms with van der Waals surface area (Å²) in [7, 11) is -1.26. The van der Waals surface area contributed by atoms with E-state index >= 15 is 0 Å². The van der Waals surface area contributed by atoms with Crippen molar-refractivity contribution < 1.29 is 0 Å². The van der Waals surface area contributed by atoms with Crippen molar-refractivity contribution in [2.24, 2.45) is 5.92 Å². The highest BCUT2D eigenvalue weighted by atomic mass is 35.5. The first-order chi connectivity index (χ1) is 7.70. The van der Waals surface area contributed by atoms with Crippen LogP contribution in [0.1, 0.15) is 40.5 Å². The van der Waals surface area contributed by atoms with Crippen LogP contribution in [0.2, 0.25) is 19.6 Å². The second-order valence-corrected chi connectivity index (χ2v) is 11.7. The fourth-order valence-electron chi connectivity index (χ4n) is 2.07. The molecule has 0 unspecified atom stereocenters. The third-order valence-electron chi connectivity index (χ3n) is 3.09. The van der Waals surface area contributed by atoms with Crippen molar-refractivity contribution >= 4 is 19.7 Å². The van der Waals surface area contributed by atoms with Crippen LogP contribution in [0.15, 0.2) is 22.4 Å². The van der Waals surface area contributed by atoms with E-state index in [1.807, 2.05) is 0 Å². The first kappa shape index (κ1) is 17.0. The predicted molar refractivity (Wildman–Crippen MR) is 84.6 cm³/mol. The molecular weight excluding hydrogens is 244 g/mol. The number of allylic oxidation sites excluding steroid dienone is 4. The molecule has 0 bridgehead atoms. The van der Waals surface area contributed by atoms with Crippen molar-refractivity contribution in [2.45, 2.75) is 60.2 Å². The van der Waals surface area contributed by atoms with Crippen LogP contribution in [-0.2, 0) is 0 Å². The molecule has 0 spiro atoms. The molecule has 0 aliphatic carbocycles. The van der Waals surface area contributed by atoms with Crippen molar-refractivity contribution in [3.05, 3.63) is 22.4 Å². The molecule has 0 heterocycles. The smallest absolute Gasteiger partial charge is 0.0739 e. The lowest BCUT2D eigenvalue weighted by molar-refractivity contribution is 0.707. The topological polar surface area (TPSA) is 0 Å². The molecule has 0 rings (SSSR count). The monoisotopic (exact) mass is 272 g/mol. The van der Waals surface area contributed by atoms with E-state index in [4.69, 9.17) is 11.6 Å². The van der Waals surface area contributed by atoms with Crippen LogP contribution in [-0.4, -0.2) is 14.0 Å². The van der Waals surface area contributed by atoms with Gasteiger partial charge in [0.25, 0.3) is 0 Å². The minimum absolute atomic E-state index is 0.626. The Morgan fingerprint density at radius 3 is 2.00 bits per heavy atom. The summed E-state index contributed by atoms with van der Waals surface area (Å²) in [5, 5.41) is 1.57. The maximum absolute atomic E-state index is 6.19. The van der Waals surface area contributed by atoms with Gasteiger partial charge in [-0.15, -0.1) is 11.6 Å². The van der Waals surface area contributed by atoms with Gasteiger partial charge in [-0.2, -0.15) is 0 Å². The Balaban J connectivity index is 5.05. The van der Waals surface area contributed by atoms with Gasteiger partial charge < -0.3 is 0 Å². The number of rotatable bonds is 6. The van der Waals surface area contributed by atoms with Crippen LogP contribution in [0, 0.1) is 5.92 Å². The standard InChI is InChI=1S/C15H29ClSi/c1-12(2)9-8-10-14(13(3)4)15(11-16)17(5,6)7/h9,13H,8,10-11H2,1-7H3/b15-14+. The minimum Gasteiger partial charge on any atom is -0.122 e. The van der Waals surface area contributed by atoms with Crippen LogP contribution in [0.4, 0.5) is 0 Å². The fourth-order valence-corrected chi connectivity index (χ4v) is 5.22. The van der Waals surface area contributed by atoms with Gasteiger partial charge in [-0.25, -0.2) is 0 Å². The quantitative estimate of drug-likeness (QED) is 0.326. The van der Waals surface area contributed by atoms with Crippen LogP contribution in [0.3, 0.4) is 0 Å². The molecule has 0 aliphatic rings. The fraction of sp³-hybridized carbons (Fsp3) is 0.733. The molecule has 0 aromatic carbocycles. The average Bonchev–Trinajstić information content (AvgIpc) is 2.13. The first-order valence-corrected chi connectivity index (χ1v) is 10.6. The molecule has 0 radical (unpaired) electrons. The Morgan fingerprint density at radius 2 is 1.71 bits per heavy atom. The Hall–Kier alpha value is -0.0131. The molecule has 17 heavy (non-hydrogen) atoms. The van der Waals surface area contributed by atoms with E-state index in [-0.39, 0.29) is 0 Å². The van der Waals surface area contributed by atoms with E-state index in [1.54, 1.807) is 10.8 Å². The average molecular weight is 273 g/mol. The molecule has 0 aliphatic heterocycles. The highest BCUT2D eigenvalue weighted by molar-refractivity contribution is 6.84. The van der Waals surface area contributed by atoms with Crippen molar-refractivity contribution in [1.29, 1.82) is 0 Å². The number of hydrogen-bond donors (Lipinski definition) is 0. The van der Waals surface area contributed by atoms with E-state index in [1.165, 1.54) is 12.0 Å². The van der Waals surface area contributed by atoms with E-state index < -0.39 is 8.07 Å². The van der Waals surface area contributed by atoms with E-state index in [0.29, 0.717) is 5.92 Å². The van der Waals surface area contributed by atoms with Gasteiger partial charge in [0.15, 0.2) is 0 Å². The summed E-state index contributed by atoms with van der Waals surface area (Å²) in [5.41, 5.74) is 3.02.